The summed E-state index contributed by atoms with van der Waals surface area (Å²) in [6.07, 6.45) is 1.62. The van der Waals surface area contributed by atoms with Gasteiger partial charge in [-0.15, -0.1) is 0 Å². The van der Waals surface area contributed by atoms with Crippen LogP contribution in [0.3, 0.4) is 0 Å². The summed E-state index contributed by atoms with van der Waals surface area (Å²) in [6.45, 7) is 10.3. The second-order valence-electron chi connectivity index (χ2n) is 7.74. The van der Waals surface area contributed by atoms with Crippen LogP contribution in [0.4, 0.5) is 5.69 Å². The lowest BCUT2D eigenvalue weighted by atomic mass is 10.1. The molecule has 28 heavy (non-hydrogen) atoms. The van der Waals surface area contributed by atoms with Gasteiger partial charge in [-0.2, -0.15) is 0 Å². The zero-order chi connectivity index (χ0) is 20.8. The van der Waals surface area contributed by atoms with Crippen LogP contribution < -0.4 is 10.2 Å². The maximum atomic E-state index is 13.1. The highest BCUT2D eigenvalue weighted by atomic mass is 35.5. The average molecular weight is 416 g/mol. The van der Waals surface area contributed by atoms with Crippen LogP contribution in [-0.2, 0) is 15.1 Å². The van der Waals surface area contributed by atoms with Crippen LogP contribution in [0, 0.1) is 13.8 Å². The van der Waals surface area contributed by atoms with Gasteiger partial charge in [0.25, 0.3) is 11.8 Å². The number of anilines is 1. The Kier molecular flexibility index (Phi) is 5.21. The monoisotopic (exact) mass is 415 g/mol. The van der Waals surface area contributed by atoms with Gasteiger partial charge < -0.3 is 4.57 Å². The van der Waals surface area contributed by atoms with Crippen molar-refractivity contribution in [3.8, 4) is 0 Å². The molecule has 1 fully saturated rings. The number of rotatable bonds is 2. The van der Waals surface area contributed by atoms with E-state index in [9.17, 15) is 9.59 Å². The van der Waals surface area contributed by atoms with Crippen molar-refractivity contribution in [2.45, 2.75) is 40.2 Å². The van der Waals surface area contributed by atoms with Crippen LogP contribution in [0.2, 0.25) is 5.02 Å². The maximum absolute atomic E-state index is 13.1. The Morgan fingerprint density at radius 1 is 1.14 bits per heavy atom. The number of hydrogen-bond acceptors (Lipinski definition) is 3. The van der Waals surface area contributed by atoms with Crippen LogP contribution >= 0.6 is 23.8 Å². The molecule has 3 rings (SSSR count). The highest BCUT2D eigenvalue weighted by Gasteiger charge is 2.35. The van der Waals surface area contributed by atoms with Crippen molar-refractivity contribution < 1.29 is 9.59 Å². The number of nitrogens with zero attached hydrogens (tertiary/aromatic N) is 2. The summed E-state index contributed by atoms with van der Waals surface area (Å²) in [4.78, 5) is 26.9. The first-order valence-electron chi connectivity index (χ1n) is 8.88. The van der Waals surface area contributed by atoms with Crippen molar-refractivity contribution in [1.82, 2.24) is 9.88 Å². The Morgan fingerprint density at radius 3 is 2.36 bits per heavy atom. The smallest absolute Gasteiger partial charge is 0.270 e. The molecule has 1 aromatic heterocycles. The van der Waals surface area contributed by atoms with Gasteiger partial charge in [-0.25, -0.2) is 0 Å². The largest absolute Gasteiger partial charge is 0.343 e. The molecular formula is C21H22ClN3O2S. The number of halogens is 1. The van der Waals surface area contributed by atoms with E-state index in [4.69, 9.17) is 23.8 Å². The van der Waals surface area contributed by atoms with Gasteiger partial charge in [0.1, 0.15) is 5.57 Å². The molecule has 0 bridgehead atoms. The lowest BCUT2D eigenvalue weighted by molar-refractivity contribution is -0.122. The minimum Gasteiger partial charge on any atom is -0.343 e. The predicted octanol–water partition coefficient (Wildman–Crippen LogP) is 4.34. The molecule has 1 N–H and O–H groups in total. The molecule has 2 heterocycles. The van der Waals surface area contributed by atoms with Gasteiger partial charge in [-0.1, -0.05) is 23.7 Å². The normalized spacial score (nSPS) is 16.7. The number of carbonyl (C=O) groups excluding carboxylic acids is 2. The summed E-state index contributed by atoms with van der Waals surface area (Å²) >= 11 is 11.5. The molecule has 0 unspecified atom stereocenters. The molecule has 1 aliphatic rings. The molecule has 0 saturated carbocycles. The zero-order valence-corrected chi connectivity index (χ0v) is 18.0. The topological polar surface area (TPSA) is 54.3 Å². The van der Waals surface area contributed by atoms with Gasteiger partial charge in [0.05, 0.1) is 10.7 Å². The lowest BCUT2D eigenvalue weighted by Crippen LogP contribution is -2.54. The van der Waals surface area contributed by atoms with Gasteiger partial charge in [0.2, 0.25) is 0 Å². The first kappa shape index (κ1) is 20.3. The number of nitrogens with one attached hydrogen (secondary N) is 1. The van der Waals surface area contributed by atoms with E-state index in [-0.39, 0.29) is 16.2 Å². The SMILES string of the molecule is Cc1cc(/C=C2\C(=O)NC(=S)N(c3ccccc3Cl)C2=O)c(C)n1C(C)(C)C. The summed E-state index contributed by atoms with van der Waals surface area (Å²) in [5.74, 6) is -1.01. The standard InChI is InChI=1S/C21H22ClN3O2S/c1-12-10-14(13(2)25(12)21(3,4)5)11-15-18(26)23-20(28)24(19(15)27)17-9-7-6-8-16(17)22/h6-11H,1-5H3,(H,23,26,28)/b15-11+. The minimum atomic E-state index is -0.515. The fraction of sp³-hybridized carbons (Fsp3) is 0.286. The quantitative estimate of drug-likeness (QED) is 0.451. The summed E-state index contributed by atoms with van der Waals surface area (Å²) in [7, 11) is 0. The molecule has 1 aromatic carbocycles. The molecule has 5 nitrogen and oxygen atoms in total. The van der Waals surface area contributed by atoms with Crippen molar-refractivity contribution in [1.29, 1.82) is 0 Å². The number of aromatic nitrogens is 1. The molecular weight excluding hydrogens is 394 g/mol. The Hall–Kier alpha value is -2.44. The van der Waals surface area contributed by atoms with E-state index in [2.05, 4.69) is 30.7 Å². The van der Waals surface area contributed by atoms with Crippen molar-refractivity contribution in [3.05, 3.63) is 57.9 Å². The second kappa shape index (κ2) is 7.18. The predicted molar refractivity (Wildman–Crippen MR) is 117 cm³/mol. The third-order valence-electron chi connectivity index (χ3n) is 4.64. The number of amides is 2. The van der Waals surface area contributed by atoms with E-state index >= 15 is 0 Å². The Labute approximate surface area is 175 Å². The average Bonchev–Trinajstić information content (AvgIpc) is 2.86. The number of benzene rings is 1. The van der Waals surface area contributed by atoms with Gasteiger partial charge in [0, 0.05) is 16.9 Å². The maximum Gasteiger partial charge on any atom is 0.270 e. The van der Waals surface area contributed by atoms with Gasteiger partial charge >= 0.3 is 0 Å². The van der Waals surface area contributed by atoms with E-state index < -0.39 is 11.8 Å². The van der Waals surface area contributed by atoms with Gasteiger partial charge in [0.15, 0.2) is 5.11 Å². The molecule has 7 heteroatoms. The summed E-state index contributed by atoms with van der Waals surface area (Å²) in [5, 5.41) is 2.98. The second-order valence-corrected chi connectivity index (χ2v) is 8.54. The third-order valence-corrected chi connectivity index (χ3v) is 5.24. The van der Waals surface area contributed by atoms with Crippen molar-refractivity contribution in [2.75, 3.05) is 4.90 Å². The molecule has 2 aromatic rings. The highest BCUT2D eigenvalue weighted by molar-refractivity contribution is 7.80. The Bertz CT molecular complexity index is 1030. The molecule has 0 spiro atoms. The van der Waals surface area contributed by atoms with Crippen LogP contribution in [-0.4, -0.2) is 21.5 Å². The summed E-state index contributed by atoms with van der Waals surface area (Å²) < 4.78 is 2.18. The fourth-order valence-electron chi connectivity index (χ4n) is 3.63. The summed E-state index contributed by atoms with van der Waals surface area (Å²) in [6, 6.07) is 8.85. The number of aryl methyl sites for hydroxylation is 1. The van der Waals surface area contributed by atoms with E-state index in [1.54, 1.807) is 30.3 Å². The van der Waals surface area contributed by atoms with E-state index in [0.717, 1.165) is 17.0 Å². The Morgan fingerprint density at radius 2 is 1.79 bits per heavy atom. The zero-order valence-electron chi connectivity index (χ0n) is 16.5. The van der Waals surface area contributed by atoms with E-state index in [0.29, 0.717) is 10.7 Å². The number of para-hydroxylation sites is 1. The molecule has 1 aliphatic heterocycles. The van der Waals surface area contributed by atoms with Crippen molar-refractivity contribution in [2.24, 2.45) is 0 Å². The summed E-state index contributed by atoms with van der Waals surface area (Å²) in [5.41, 5.74) is 3.19. The van der Waals surface area contributed by atoms with E-state index in [1.165, 1.54) is 4.90 Å². The fourth-order valence-corrected chi connectivity index (χ4v) is 4.12. The minimum absolute atomic E-state index is 0.0143. The number of carbonyl (C=O) groups is 2. The van der Waals surface area contributed by atoms with Crippen LogP contribution in [0.5, 0.6) is 0 Å². The Balaban J connectivity index is 2.09. The highest BCUT2D eigenvalue weighted by Crippen LogP contribution is 2.30. The van der Waals surface area contributed by atoms with Crippen LogP contribution in [0.1, 0.15) is 37.7 Å². The van der Waals surface area contributed by atoms with Gasteiger partial charge in [-0.05, 0) is 76.7 Å². The lowest BCUT2D eigenvalue weighted by Gasteiger charge is -2.29. The van der Waals surface area contributed by atoms with Crippen LogP contribution in [0.15, 0.2) is 35.9 Å². The molecule has 0 aliphatic carbocycles. The molecule has 2 amide bonds. The number of thiocarbonyl (C=S) groups is 1. The first-order chi connectivity index (χ1) is 13.0. The van der Waals surface area contributed by atoms with E-state index in [1.807, 2.05) is 19.9 Å². The molecule has 1 saturated heterocycles. The molecule has 0 atom stereocenters. The van der Waals surface area contributed by atoms with Crippen molar-refractivity contribution >= 4 is 52.5 Å². The third kappa shape index (κ3) is 3.50. The molecule has 0 radical (unpaired) electrons. The molecule has 146 valence electrons. The first-order valence-corrected chi connectivity index (χ1v) is 9.66. The number of hydrogen-bond donors (Lipinski definition) is 1. The van der Waals surface area contributed by atoms with Gasteiger partial charge in [-0.3, -0.25) is 19.8 Å². The van der Waals surface area contributed by atoms with Crippen LogP contribution in [0.25, 0.3) is 6.08 Å². The van der Waals surface area contributed by atoms with Crippen molar-refractivity contribution in [3.63, 3.8) is 0 Å².